The Morgan fingerprint density at radius 3 is 2.41 bits per heavy atom. The molecule has 0 spiro atoms. The minimum Gasteiger partial charge on any atom is -0.458 e. The second-order valence-electron chi connectivity index (χ2n) is 6.56. The maximum Gasteiger partial charge on any atom is 0.329 e. The lowest BCUT2D eigenvalue weighted by Crippen LogP contribution is -2.46. The first-order chi connectivity index (χ1) is 10.3. The quantitative estimate of drug-likeness (QED) is 0.867. The summed E-state index contributed by atoms with van der Waals surface area (Å²) in [4.78, 5) is 26.3. The highest BCUT2D eigenvalue weighted by atomic mass is 16.6. The van der Waals surface area contributed by atoms with E-state index in [1.165, 1.54) is 0 Å². The van der Waals surface area contributed by atoms with E-state index >= 15 is 0 Å². The largest absolute Gasteiger partial charge is 0.458 e. The van der Waals surface area contributed by atoms with E-state index in [2.05, 4.69) is 0 Å². The monoisotopic (exact) mass is 304 g/mol. The topological polar surface area (TPSA) is 72.6 Å². The number of hydrogen-bond donors (Lipinski definition) is 1. The van der Waals surface area contributed by atoms with Crippen molar-refractivity contribution in [3.63, 3.8) is 0 Å². The molecule has 0 aliphatic carbocycles. The van der Waals surface area contributed by atoms with Crippen LogP contribution in [0.2, 0.25) is 0 Å². The number of likely N-dealkylation sites (tertiary alicyclic amines) is 1. The van der Waals surface area contributed by atoms with Crippen LogP contribution >= 0.6 is 0 Å². The lowest BCUT2D eigenvalue weighted by atomic mass is 10.0. The number of ether oxygens (including phenoxy) is 1. The molecular formula is C17H24N2O3. The number of carbonyl (C=O) groups is 2. The van der Waals surface area contributed by atoms with Crippen molar-refractivity contribution < 1.29 is 14.3 Å². The predicted octanol–water partition coefficient (Wildman–Crippen LogP) is 2.02. The van der Waals surface area contributed by atoms with Gasteiger partial charge in [0.1, 0.15) is 11.6 Å². The molecule has 120 valence electrons. The van der Waals surface area contributed by atoms with Gasteiger partial charge in [0.25, 0.3) is 0 Å². The van der Waals surface area contributed by atoms with Crippen molar-refractivity contribution in [3.05, 3.63) is 35.9 Å². The fourth-order valence-electron chi connectivity index (χ4n) is 2.87. The molecule has 2 N–H and O–H groups in total. The van der Waals surface area contributed by atoms with E-state index in [-0.39, 0.29) is 24.5 Å². The maximum absolute atomic E-state index is 12.4. The molecule has 1 aliphatic rings. The summed E-state index contributed by atoms with van der Waals surface area (Å²) in [7, 11) is 0. The van der Waals surface area contributed by atoms with Crippen LogP contribution in [-0.2, 0) is 14.3 Å². The average molecular weight is 304 g/mol. The predicted molar refractivity (Wildman–Crippen MR) is 84.0 cm³/mol. The van der Waals surface area contributed by atoms with Gasteiger partial charge in [-0.15, -0.1) is 0 Å². The van der Waals surface area contributed by atoms with E-state index in [1.807, 2.05) is 51.1 Å². The van der Waals surface area contributed by atoms with Crippen LogP contribution < -0.4 is 5.73 Å². The Balaban J connectivity index is 2.25. The lowest BCUT2D eigenvalue weighted by Gasteiger charge is -2.31. The summed E-state index contributed by atoms with van der Waals surface area (Å²) in [5.41, 5.74) is 5.99. The van der Waals surface area contributed by atoms with E-state index in [1.54, 1.807) is 4.90 Å². The Labute approximate surface area is 131 Å². The highest BCUT2D eigenvalue weighted by Gasteiger charge is 2.42. The molecule has 2 rings (SSSR count). The molecule has 1 aromatic carbocycles. The minimum atomic E-state index is -0.570. The van der Waals surface area contributed by atoms with E-state index < -0.39 is 11.6 Å². The van der Waals surface area contributed by atoms with Crippen LogP contribution in [0, 0.1) is 0 Å². The molecule has 2 atom stereocenters. The molecule has 1 saturated heterocycles. The molecule has 0 bridgehead atoms. The van der Waals surface area contributed by atoms with E-state index in [0.29, 0.717) is 6.42 Å². The summed E-state index contributed by atoms with van der Waals surface area (Å²) < 4.78 is 5.46. The van der Waals surface area contributed by atoms with Gasteiger partial charge in [-0.25, -0.2) is 4.79 Å². The van der Waals surface area contributed by atoms with Crippen LogP contribution in [0.25, 0.3) is 0 Å². The van der Waals surface area contributed by atoms with Crippen molar-refractivity contribution in [1.29, 1.82) is 0 Å². The summed E-state index contributed by atoms with van der Waals surface area (Å²) in [6, 6.07) is 9.06. The molecular weight excluding hydrogens is 280 g/mol. The smallest absolute Gasteiger partial charge is 0.329 e. The van der Waals surface area contributed by atoms with Crippen LogP contribution in [0.5, 0.6) is 0 Å². The lowest BCUT2D eigenvalue weighted by molar-refractivity contribution is -0.164. The summed E-state index contributed by atoms with van der Waals surface area (Å²) >= 11 is 0. The van der Waals surface area contributed by atoms with Crippen LogP contribution in [0.3, 0.4) is 0 Å². The first-order valence-corrected chi connectivity index (χ1v) is 7.62. The Morgan fingerprint density at radius 2 is 1.86 bits per heavy atom. The molecule has 1 aliphatic heterocycles. The van der Waals surface area contributed by atoms with Gasteiger partial charge in [-0.1, -0.05) is 30.3 Å². The number of rotatable bonds is 3. The maximum atomic E-state index is 12.4. The second kappa shape index (κ2) is 6.48. The summed E-state index contributed by atoms with van der Waals surface area (Å²) in [5, 5.41) is 0. The Morgan fingerprint density at radius 1 is 1.23 bits per heavy atom. The zero-order valence-electron chi connectivity index (χ0n) is 13.4. The number of amides is 1. The number of nitrogens with two attached hydrogens (primary N) is 1. The van der Waals surface area contributed by atoms with Crippen molar-refractivity contribution >= 4 is 11.9 Å². The zero-order chi connectivity index (χ0) is 16.3. The van der Waals surface area contributed by atoms with Crippen molar-refractivity contribution in [3.8, 4) is 0 Å². The van der Waals surface area contributed by atoms with Gasteiger partial charge >= 0.3 is 5.97 Å². The first-order valence-electron chi connectivity index (χ1n) is 7.62. The van der Waals surface area contributed by atoms with Gasteiger partial charge in [0, 0.05) is 0 Å². The highest BCUT2D eigenvalue weighted by molar-refractivity contribution is 5.86. The summed E-state index contributed by atoms with van der Waals surface area (Å²) in [6.45, 7) is 5.36. The van der Waals surface area contributed by atoms with Crippen molar-refractivity contribution in [1.82, 2.24) is 4.90 Å². The zero-order valence-corrected chi connectivity index (χ0v) is 13.4. The number of carbonyl (C=O) groups excluding carboxylic acids is 2. The minimum absolute atomic E-state index is 0.109. The van der Waals surface area contributed by atoms with Crippen molar-refractivity contribution in [2.45, 2.75) is 51.3 Å². The van der Waals surface area contributed by atoms with Crippen LogP contribution in [-0.4, -0.2) is 35.0 Å². The standard InChI is InChI=1S/C17H24N2O3/c1-17(2,3)22-16(21)14-10-9-13(19(14)15(20)11-18)12-7-5-4-6-8-12/h4-8,13-14H,9-11,18H2,1-3H3/t13?,14-/m0/s1. The Hall–Kier alpha value is -1.88. The number of hydrogen-bond acceptors (Lipinski definition) is 4. The van der Waals surface area contributed by atoms with Gasteiger partial charge in [-0.2, -0.15) is 0 Å². The fourth-order valence-corrected chi connectivity index (χ4v) is 2.87. The normalized spacial score (nSPS) is 21.7. The molecule has 5 heteroatoms. The molecule has 0 radical (unpaired) electrons. The van der Waals surface area contributed by atoms with Crippen molar-refractivity contribution in [2.75, 3.05) is 6.54 Å². The van der Waals surface area contributed by atoms with Gasteiger partial charge in [-0.3, -0.25) is 4.79 Å². The van der Waals surface area contributed by atoms with E-state index in [0.717, 1.165) is 12.0 Å². The molecule has 0 saturated carbocycles. The molecule has 0 aromatic heterocycles. The van der Waals surface area contributed by atoms with Gasteiger partial charge in [0.2, 0.25) is 5.91 Å². The SMILES string of the molecule is CC(C)(C)OC(=O)[C@@H]1CCC(c2ccccc2)N1C(=O)CN. The van der Waals surface area contributed by atoms with Crippen molar-refractivity contribution in [2.24, 2.45) is 5.73 Å². The van der Waals surface area contributed by atoms with Gasteiger partial charge in [-0.05, 0) is 39.2 Å². The number of nitrogens with zero attached hydrogens (tertiary/aromatic N) is 1. The third-order valence-corrected chi connectivity index (χ3v) is 3.71. The summed E-state index contributed by atoms with van der Waals surface area (Å²) in [6.07, 6.45) is 1.33. The third kappa shape index (κ3) is 3.65. The highest BCUT2D eigenvalue weighted by Crippen LogP contribution is 2.37. The van der Waals surface area contributed by atoms with Gasteiger partial charge in [0.05, 0.1) is 12.6 Å². The molecule has 1 unspecified atom stereocenters. The average Bonchev–Trinajstić information content (AvgIpc) is 2.90. The number of esters is 1. The molecule has 1 amide bonds. The molecule has 1 fully saturated rings. The van der Waals surface area contributed by atoms with Crippen LogP contribution in [0.1, 0.15) is 45.2 Å². The third-order valence-electron chi connectivity index (χ3n) is 3.71. The van der Waals surface area contributed by atoms with E-state index in [9.17, 15) is 9.59 Å². The van der Waals surface area contributed by atoms with Crippen LogP contribution in [0.15, 0.2) is 30.3 Å². The first kappa shape index (κ1) is 16.5. The molecule has 1 heterocycles. The fraction of sp³-hybridized carbons (Fsp3) is 0.529. The Kier molecular flexibility index (Phi) is 4.86. The van der Waals surface area contributed by atoms with Gasteiger partial charge < -0.3 is 15.4 Å². The number of benzene rings is 1. The van der Waals surface area contributed by atoms with E-state index in [4.69, 9.17) is 10.5 Å². The molecule has 5 nitrogen and oxygen atoms in total. The van der Waals surface area contributed by atoms with Gasteiger partial charge in [0.15, 0.2) is 0 Å². The summed E-state index contributed by atoms with van der Waals surface area (Å²) in [5.74, 6) is -0.574. The second-order valence-corrected chi connectivity index (χ2v) is 6.56. The Bertz CT molecular complexity index is 537. The van der Waals surface area contributed by atoms with Crippen LogP contribution in [0.4, 0.5) is 0 Å². The molecule has 22 heavy (non-hydrogen) atoms. The molecule has 1 aromatic rings.